The van der Waals surface area contributed by atoms with Crippen LogP contribution in [0.25, 0.3) is 16.8 Å². The first kappa shape index (κ1) is 31.3. The van der Waals surface area contributed by atoms with E-state index in [9.17, 15) is 9.59 Å². The molecule has 46 heavy (non-hydrogen) atoms. The zero-order valence-corrected chi connectivity index (χ0v) is 28.1. The maximum atomic E-state index is 14.0. The quantitative estimate of drug-likeness (QED) is 0.168. The third-order valence-corrected chi connectivity index (χ3v) is 9.32. The van der Waals surface area contributed by atoms with Crippen LogP contribution in [0.3, 0.4) is 0 Å². The minimum Gasteiger partial charge on any atom is -0.497 e. The Morgan fingerprint density at radius 2 is 1.78 bits per heavy atom. The molecule has 1 aliphatic heterocycles. The summed E-state index contributed by atoms with van der Waals surface area (Å²) in [6, 6.07) is 24.6. The summed E-state index contributed by atoms with van der Waals surface area (Å²) in [6.45, 7) is 4.06. The van der Waals surface area contributed by atoms with E-state index in [0.29, 0.717) is 48.9 Å². The predicted octanol–water partition coefficient (Wildman–Crippen LogP) is 6.31. The molecule has 1 atom stereocenters. The van der Waals surface area contributed by atoms with Gasteiger partial charge in [0, 0.05) is 0 Å². The molecule has 1 aromatic heterocycles. The number of esters is 1. The van der Waals surface area contributed by atoms with Gasteiger partial charge in [0.25, 0.3) is 5.56 Å². The largest absolute Gasteiger partial charge is 0.497 e. The number of halogens is 1. The van der Waals surface area contributed by atoms with E-state index in [1.807, 2.05) is 48.5 Å². The fourth-order valence-corrected chi connectivity index (χ4v) is 7.20. The van der Waals surface area contributed by atoms with Crippen molar-refractivity contribution in [1.29, 1.82) is 0 Å². The van der Waals surface area contributed by atoms with Crippen molar-refractivity contribution in [1.82, 2.24) is 4.57 Å². The van der Waals surface area contributed by atoms with Crippen LogP contribution < -0.4 is 29.1 Å². The van der Waals surface area contributed by atoms with Gasteiger partial charge in [0.15, 0.2) is 16.3 Å². The van der Waals surface area contributed by atoms with Crippen LogP contribution in [0.2, 0.25) is 0 Å². The van der Waals surface area contributed by atoms with Gasteiger partial charge in [-0.1, -0.05) is 65.9 Å². The number of carbonyl (C=O) groups is 1. The van der Waals surface area contributed by atoms with E-state index in [-0.39, 0.29) is 12.2 Å². The summed E-state index contributed by atoms with van der Waals surface area (Å²) in [4.78, 5) is 32.4. The highest BCUT2D eigenvalue weighted by Gasteiger charge is 2.33. The number of thiazole rings is 1. The number of nitrogens with zero attached hydrogens (tertiary/aromatic N) is 2. The van der Waals surface area contributed by atoms with Crippen LogP contribution in [-0.4, -0.2) is 31.4 Å². The maximum absolute atomic E-state index is 14.0. The van der Waals surface area contributed by atoms with Gasteiger partial charge in [0.2, 0.25) is 0 Å². The van der Waals surface area contributed by atoms with Gasteiger partial charge in [-0.05, 0) is 87.6 Å². The number of rotatable bonds is 9. The average Bonchev–Trinajstić information content (AvgIpc) is 3.36. The molecule has 0 radical (unpaired) electrons. The van der Waals surface area contributed by atoms with E-state index >= 15 is 0 Å². The van der Waals surface area contributed by atoms with Crippen molar-refractivity contribution in [2.24, 2.45) is 4.99 Å². The monoisotopic (exact) mass is 698 g/mol. The summed E-state index contributed by atoms with van der Waals surface area (Å²) in [5, 5.41) is 2.27. The minimum atomic E-state index is -0.713. The van der Waals surface area contributed by atoms with Crippen molar-refractivity contribution < 1.29 is 23.7 Å². The van der Waals surface area contributed by atoms with Gasteiger partial charge in [-0.2, -0.15) is 0 Å². The Balaban J connectivity index is 1.39. The lowest BCUT2D eigenvalue weighted by Crippen LogP contribution is -2.39. The molecule has 234 valence electrons. The Kier molecular flexibility index (Phi) is 9.10. The Morgan fingerprint density at radius 3 is 2.52 bits per heavy atom. The SMILES string of the molecule is CCOC(=O)C1=C(C)N=c2s/c(=C/c3cc(Br)c(OCc4cccc5ccccc45)c(OC)c3)c(=O)n2[C@H]1c1ccc(OC)cc1. The normalized spacial score (nSPS) is 14.5. The van der Waals surface area contributed by atoms with Crippen molar-refractivity contribution in [3.8, 4) is 17.2 Å². The average molecular weight is 700 g/mol. The van der Waals surface area contributed by atoms with Crippen LogP contribution in [0, 0.1) is 0 Å². The maximum Gasteiger partial charge on any atom is 0.338 e. The Morgan fingerprint density at radius 1 is 1.02 bits per heavy atom. The number of benzene rings is 4. The Bertz CT molecular complexity index is 2160. The van der Waals surface area contributed by atoms with Gasteiger partial charge in [0.1, 0.15) is 12.4 Å². The first-order valence-corrected chi connectivity index (χ1v) is 16.2. The molecule has 4 aromatic carbocycles. The van der Waals surface area contributed by atoms with Gasteiger partial charge in [-0.25, -0.2) is 9.79 Å². The first-order chi connectivity index (χ1) is 22.3. The predicted molar refractivity (Wildman–Crippen MR) is 182 cm³/mol. The summed E-state index contributed by atoms with van der Waals surface area (Å²) < 4.78 is 25.4. The minimum absolute atomic E-state index is 0.202. The standard InChI is InChI=1S/C36H31BrN2O6S/c1-5-44-35(41)31-21(2)38-36-39(32(31)24-13-15-26(42-3)16-14-24)34(40)30(46-36)19-22-17-28(37)33(29(18-22)43-4)45-20-25-11-8-10-23-9-6-7-12-27(23)25/h6-19,32H,5,20H2,1-4H3/b30-19+/t32-/m0/s1. The molecule has 0 saturated carbocycles. The van der Waals surface area contributed by atoms with Crippen LogP contribution in [0.1, 0.15) is 36.6 Å². The molecule has 0 amide bonds. The Labute approximate surface area is 278 Å². The van der Waals surface area contributed by atoms with E-state index < -0.39 is 12.0 Å². The zero-order valence-electron chi connectivity index (χ0n) is 25.7. The van der Waals surface area contributed by atoms with E-state index in [1.54, 1.807) is 50.8 Å². The van der Waals surface area contributed by atoms with E-state index in [2.05, 4.69) is 39.1 Å². The number of ether oxygens (including phenoxy) is 4. The van der Waals surface area contributed by atoms with Crippen molar-refractivity contribution >= 4 is 50.1 Å². The zero-order chi connectivity index (χ0) is 32.4. The summed E-state index contributed by atoms with van der Waals surface area (Å²) >= 11 is 4.91. The molecule has 0 bridgehead atoms. The lowest BCUT2D eigenvalue weighted by atomic mass is 9.96. The number of fused-ring (bicyclic) bond motifs is 2. The van der Waals surface area contributed by atoms with Gasteiger partial charge >= 0.3 is 5.97 Å². The molecule has 0 aliphatic carbocycles. The van der Waals surface area contributed by atoms with Gasteiger partial charge in [0.05, 0.1) is 47.1 Å². The van der Waals surface area contributed by atoms with Gasteiger partial charge in [-0.15, -0.1) is 0 Å². The first-order valence-electron chi connectivity index (χ1n) is 14.6. The second-order valence-corrected chi connectivity index (χ2v) is 12.4. The fourth-order valence-electron chi connectivity index (χ4n) is 5.58. The van der Waals surface area contributed by atoms with Crippen molar-refractivity contribution in [3.63, 3.8) is 0 Å². The molecule has 0 unspecified atom stereocenters. The van der Waals surface area contributed by atoms with Crippen LogP contribution in [-0.2, 0) is 16.1 Å². The molecule has 0 N–H and O–H groups in total. The van der Waals surface area contributed by atoms with Crippen molar-refractivity contribution in [3.05, 3.63) is 131 Å². The van der Waals surface area contributed by atoms with Crippen LogP contribution in [0.5, 0.6) is 17.2 Å². The van der Waals surface area contributed by atoms with Crippen LogP contribution >= 0.6 is 27.3 Å². The lowest BCUT2D eigenvalue weighted by Gasteiger charge is -2.24. The molecular weight excluding hydrogens is 668 g/mol. The molecule has 6 rings (SSSR count). The highest BCUT2D eigenvalue weighted by molar-refractivity contribution is 9.10. The van der Waals surface area contributed by atoms with E-state index in [4.69, 9.17) is 18.9 Å². The molecule has 5 aromatic rings. The van der Waals surface area contributed by atoms with Crippen LogP contribution in [0.15, 0.2) is 104 Å². The number of hydrogen-bond acceptors (Lipinski definition) is 8. The summed E-state index contributed by atoms with van der Waals surface area (Å²) in [6.07, 6.45) is 1.79. The third-order valence-electron chi connectivity index (χ3n) is 7.75. The topological polar surface area (TPSA) is 88.4 Å². The van der Waals surface area contributed by atoms with Crippen molar-refractivity contribution in [2.75, 3.05) is 20.8 Å². The third kappa shape index (κ3) is 5.98. The molecule has 2 heterocycles. The second kappa shape index (κ2) is 13.4. The van der Waals surface area contributed by atoms with E-state index in [0.717, 1.165) is 27.5 Å². The van der Waals surface area contributed by atoms with Gasteiger partial charge in [-0.3, -0.25) is 9.36 Å². The van der Waals surface area contributed by atoms with Crippen LogP contribution in [0.4, 0.5) is 0 Å². The highest BCUT2D eigenvalue weighted by atomic mass is 79.9. The smallest absolute Gasteiger partial charge is 0.338 e. The van der Waals surface area contributed by atoms with Crippen molar-refractivity contribution in [2.45, 2.75) is 26.5 Å². The molecular formula is C36H31BrN2O6S. The number of methoxy groups -OCH3 is 2. The molecule has 10 heteroatoms. The number of carbonyl (C=O) groups excluding carboxylic acids is 1. The second-order valence-electron chi connectivity index (χ2n) is 10.5. The number of aromatic nitrogens is 1. The molecule has 0 saturated heterocycles. The molecule has 0 fully saturated rings. The fraction of sp³-hybridized carbons (Fsp3) is 0.194. The highest BCUT2D eigenvalue weighted by Crippen LogP contribution is 2.38. The molecule has 0 spiro atoms. The summed E-state index contributed by atoms with van der Waals surface area (Å²) in [5.41, 5.74) is 3.08. The van der Waals surface area contributed by atoms with E-state index in [1.165, 1.54) is 11.3 Å². The molecule has 8 nitrogen and oxygen atoms in total. The number of hydrogen-bond donors (Lipinski definition) is 0. The number of allylic oxidation sites excluding steroid dienone is 1. The Hall–Kier alpha value is -4.67. The van der Waals surface area contributed by atoms with Gasteiger partial charge < -0.3 is 18.9 Å². The summed E-state index contributed by atoms with van der Waals surface area (Å²) in [5.74, 6) is 1.23. The summed E-state index contributed by atoms with van der Waals surface area (Å²) in [7, 11) is 3.17. The molecule has 1 aliphatic rings. The lowest BCUT2D eigenvalue weighted by molar-refractivity contribution is -0.139.